The zero-order chi connectivity index (χ0) is 20.1. The predicted octanol–water partition coefficient (Wildman–Crippen LogP) is 3.80. The van der Waals surface area contributed by atoms with Gasteiger partial charge in [0.05, 0.1) is 17.4 Å². The molecule has 1 aromatic heterocycles. The van der Waals surface area contributed by atoms with Crippen LogP contribution in [0.1, 0.15) is 26.3 Å². The number of carboxylic acids is 1. The van der Waals surface area contributed by atoms with Crippen molar-refractivity contribution in [1.82, 2.24) is 10.2 Å². The molecule has 0 unspecified atom stereocenters. The Labute approximate surface area is 170 Å². The normalized spacial score (nSPS) is 10.5. The number of hydrogen-bond donors (Lipinski definition) is 3. The van der Waals surface area contributed by atoms with Gasteiger partial charge in [-0.25, -0.2) is 4.79 Å². The number of nitrogens with zero attached hydrogens (tertiary/aromatic N) is 2. The number of rotatable bonds is 7. The average Bonchev–Trinajstić information content (AvgIpc) is 3.20. The number of anilines is 2. The summed E-state index contributed by atoms with van der Waals surface area (Å²) in [5.41, 5.74) is 2.67. The van der Waals surface area contributed by atoms with Crippen LogP contribution in [0.25, 0.3) is 0 Å². The van der Waals surface area contributed by atoms with Gasteiger partial charge in [0.25, 0.3) is 5.91 Å². The Kier molecular flexibility index (Phi) is 6.10. The second-order valence-electron chi connectivity index (χ2n) is 6.28. The van der Waals surface area contributed by atoms with E-state index in [-0.39, 0.29) is 11.5 Å². The van der Waals surface area contributed by atoms with Crippen LogP contribution < -0.4 is 10.2 Å². The lowest BCUT2D eigenvalue weighted by atomic mass is 10.1. The van der Waals surface area contributed by atoms with E-state index in [1.54, 1.807) is 42.6 Å². The summed E-state index contributed by atoms with van der Waals surface area (Å²) in [7, 11) is 1.84. The minimum Gasteiger partial charge on any atom is -0.478 e. The molecule has 0 aliphatic rings. The fourth-order valence-electron chi connectivity index (χ4n) is 2.75. The highest BCUT2D eigenvalue weighted by molar-refractivity contribution is 9.10. The number of nitrogens with one attached hydrogen (secondary N) is 2. The molecule has 2 aromatic carbocycles. The van der Waals surface area contributed by atoms with Crippen molar-refractivity contribution in [2.75, 3.05) is 23.8 Å². The number of halogens is 1. The molecule has 8 heteroatoms. The van der Waals surface area contributed by atoms with E-state index < -0.39 is 5.97 Å². The molecule has 0 aliphatic heterocycles. The third-order valence-corrected chi connectivity index (χ3v) is 4.82. The topological polar surface area (TPSA) is 98.3 Å². The van der Waals surface area contributed by atoms with Crippen LogP contribution in [0.2, 0.25) is 0 Å². The van der Waals surface area contributed by atoms with E-state index in [4.69, 9.17) is 0 Å². The van der Waals surface area contributed by atoms with Crippen LogP contribution in [0.15, 0.2) is 59.3 Å². The van der Waals surface area contributed by atoms with Crippen molar-refractivity contribution in [3.8, 4) is 0 Å². The van der Waals surface area contributed by atoms with Crippen LogP contribution in [0.3, 0.4) is 0 Å². The third kappa shape index (κ3) is 4.77. The lowest BCUT2D eigenvalue weighted by Gasteiger charge is -2.21. The predicted molar refractivity (Wildman–Crippen MR) is 111 cm³/mol. The summed E-state index contributed by atoms with van der Waals surface area (Å²) >= 11 is 3.33. The number of carbonyl (C=O) groups excluding carboxylic acids is 1. The minimum atomic E-state index is -1.05. The zero-order valence-corrected chi connectivity index (χ0v) is 16.7. The van der Waals surface area contributed by atoms with Crippen molar-refractivity contribution in [2.45, 2.75) is 6.42 Å². The molecule has 0 bridgehead atoms. The van der Waals surface area contributed by atoms with Gasteiger partial charge in [0.1, 0.15) is 0 Å². The van der Waals surface area contributed by atoms with Gasteiger partial charge < -0.3 is 15.3 Å². The zero-order valence-electron chi connectivity index (χ0n) is 15.1. The number of amides is 1. The number of hydrogen-bond acceptors (Lipinski definition) is 4. The third-order valence-electron chi connectivity index (χ3n) is 4.29. The van der Waals surface area contributed by atoms with Crippen LogP contribution >= 0.6 is 15.9 Å². The molecule has 1 amide bonds. The Bertz CT molecular complexity index is 972. The highest BCUT2D eigenvalue weighted by Gasteiger charge is 2.16. The van der Waals surface area contributed by atoms with Crippen LogP contribution in [0, 0.1) is 0 Å². The molecular weight excluding hydrogens is 424 g/mol. The lowest BCUT2D eigenvalue weighted by molar-refractivity contribution is 0.0697. The minimum absolute atomic E-state index is 0.128. The summed E-state index contributed by atoms with van der Waals surface area (Å²) in [4.78, 5) is 26.0. The van der Waals surface area contributed by atoms with E-state index in [1.165, 1.54) is 6.07 Å². The molecule has 0 saturated carbocycles. The summed E-state index contributed by atoms with van der Waals surface area (Å²) < 4.78 is 0.875. The molecule has 3 rings (SSSR count). The Morgan fingerprint density at radius 1 is 1.21 bits per heavy atom. The lowest BCUT2D eigenvalue weighted by Crippen LogP contribution is -2.23. The van der Waals surface area contributed by atoms with Crippen molar-refractivity contribution in [3.05, 3.63) is 76.0 Å². The van der Waals surface area contributed by atoms with Gasteiger partial charge in [-0.1, -0.05) is 15.9 Å². The standard InChI is InChI=1S/C20H19BrN4O3/c1-25(9-8-13-11-22-23-12-13)18-7-6-16(10-17(18)20(27)28)24-19(26)14-2-4-15(21)5-3-14/h2-7,10-12H,8-9H2,1H3,(H,22,23)(H,24,26)(H,27,28). The Morgan fingerprint density at radius 3 is 2.61 bits per heavy atom. The summed E-state index contributed by atoms with van der Waals surface area (Å²) in [6, 6.07) is 11.8. The fourth-order valence-corrected chi connectivity index (χ4v) is 3.02. The number of carboxylic acid groups (broad SMARTS) is 1. The highest BCUT2D eigenvalue weighted by atomic mass is 79.9. The number of aromatic nitrogens is 2. The van der Waals surface area contributed by atoms with Crippen molar-refractivity contribution in [2.24, 2.45) is 0 Å². The summed E-state index contributed by atoms with van der Waals surface area (Å²) in [5, 5.41) is 19.0. The van der Waals surface area contributed by atoms with Crippen molar-refractivity contribution in [1.29, 1.82) is 0 Å². The summed E-state index contributed by atoms with van der Waals surface area (Å²) in [5.74, 6) is -1.35. The van der Waals surface area contributed by atoms with Crippen molar-refractivity contribution in [3.63, 3.8) is 0 Å². The maximum absolute atomic E-state index is 12.4. The molecule has 0 saturated heterocycles. The number of aromatic amines is 1. The van der Waals surface area contributed by atoms with E-state index in [0.29, 0.717) is 23.5 Å². The van der Waals surface area contributed by atoms with Crippen LogP contribution in [0.4, 0.5) is 11.4 Å². The number of aromatic carboxylic acids is 1. The molecule has 7 nitrogen and oxygen atoms in total. The van der Waals surface area contributed by atoms with Crippen LogP contribution in [0.5, 0.6) is 0 Å². The first-order chi connectivity index (χ1) is 13.4. The number of benzene rings is 2. The van der Waals surface area contributed by atoms with Gasteiger partial charge in [0.15, 0.2) is 0 Å². The van der Waals surface area contributed by atoms with E-state index in [1.807, 2.05) is 18.1 Å². The molecule has 0 fully saturated rings. The quantitative estimate of drug-likeness (QED) is 0.516. The molecule has 0 atom stereocenters. The molecule has 3 N–H and O–H groups in total. The fraction of sp³-hybridized carbons (Fsp3) is 0.150. The van der Waals surface area contributed by atoms with Gasteiger partial charge in [0.2, 0.25) is 0 Å². The first-order valence-corrected chi connectivity index (χ1v) is 9.36. The molecule has 0 radical (unpaired) electrons. The van der Waals surface area contributed by atoms with E-state index in [9.17, 15) is 14.7 Å². The van der Waals surface area contributed by atoms with Gasteiger partial charge >= 0.3 is 5.97 Å². The van der Waals surface area contributed by atoms with Gasteiger partial charge in [0, 0.05) is 35.5 Å². The first-order valence-electron chi connectivity index (χ1n) is 8.57. The van der Waals surface area contributed by atoms with E-state index in [2.05, 4.69) is 31.4 Å². The van der Waals surface area contributed by atoms with Crippen LogP contribution in [-0.4, -0.2) is 40.8 Å². The van der Waals surface area contributed by atoms with Gasteiger partial charge in [-0.15, -0.1) is 0 Å². The maximum Gasteiger partial charge on any atom is 0.337 e. The average molecular weight is 443 g/mol. The van der Waals surface area contributed by atoms with Gasteiger partial charge in [-0.2, -0.15) is 5.10 Å². The van der Waals surface area contributed by atoms with Gasteiger partial charge in [-0.3, -0.25) is 9.89 Å². The first kappa shape index (κ1) is 19.6. The molecule has 0 spiro atoms. The summed E-state index contributed by atoms with van der Waals surface area (Å²) in [6.07, 6.45) is 4.29. The van der Waals surface area contributed by atoms with E-state index in [0.717, 1.165) is 16.5 Å². The van der Waals surface area contributed by atoms with Crippen molar-refractivity contribution >= 4 is 39.2 Å². The number of H-pyrrole nitrogens is 1. The SMILES string of the molecule is CN(CCc1cn[nH]c1)c1ccc(NC(=O)c2ccc(Br)cc2)cc1C(=O)O. The second-order valence-corrected chi connectivity index (χ2v) is 7.19. The molecule has 3 aromatic rings. The molecule has 1 heterocycles. The molecule has 28 heavy (non-hydrogen) atoms. The largest absolute Gasteiger partial charge is 0.478 e. The van der Waals surface area contributed by atoms with Crippen LogP contribution in [-0.2, 0) is 6.42 Å². The monoisotopic (exact) mass is 442 g/mol. The number of carbonyl (C=O) groups is 2. The van der Waals surface area contributed by atoms with Crippen molar-refractivity contribution < 1.29 is 14.7 Å². The maximum atomic E-state index is 12.4. The highest BCUT2D eigenvalue weighted by Crippen LogP contribution is 2.24. The second kappa shape index (κ2) is 8.71. The Hall–Kier alpha value is -3.13. The molecular formula is C20H19BrN4O3. The van der Waals surface area contributed by atoms with Gasteiger partial charge in [-0.05, 0) is 54.4 Å². The van der Waals surface area contributed by atoms with E-state index >= 15 is 0 Å². The Balaban J connectivity index is 1.75. The molecule has 0 aliphatic carbocycles. The Morgan fingerprint density at radius 2 is 1.96 bits per heavy atom. The summed E-state index contributed by atoms with van der Waals surface area (Å²) in [6.45, 7) is 0.629. The molecule has 144 valence electrons. The smallest absolute Gasteiger partial charge is 0.337 e. The number of likely N-dealkylation sites (N-methyl/N-ethyl adjacent to an activating group) is 1.